The lowest BCUT2D eigenvalue weighted by Crippen LogP contribution is -2.22. The first kappa shape index (κ1) is 10.2. The van der Waals surface area contributed by atoms with Crippen LogP contribution in [0.3, 0.4) is 0 Å². The Bertz CT molecular complexity index is 536. The van der Waals surface area contributed by atoms with Crippen molar-refractivity contribution < 1.29 is 9.53 Å². The predicted molar refractivity (Wildman–Crippen MR) is 59.4 cm³/mol. The molecule has 1 unspecified atom stereocenters. The van der Waals surface area contributed by atoms with E-state index < -0.39 is 0 Å². The van der Waals surface area contributed by atoms with Crippen molar-refractivity contribution in [3.05, 3.63) is 47.3 Å². The van der Waals surface area contributed by atoms with Gasteiger partial charge >= 0.3 is 0 Å². The molecule has 2 aromatic rings. The van der Waals surface area contributed by atoms with Gasteiger partial charge in [0, 0.05) is 0 Å². The van der Waals surface area contributed by atoms with Gasteiger partial charge in [0.05, 0.1) is 18.8 Å². The minimum absolute atomic E-state index is 0.0232. The van der Waals surface area contributed by atoms with Crippen LogP contribution in [0.25, 0.3) is 0 Å². The molecule has 17 heavy (non-hydrogen) atoms. The summed E-state index contributed by atoms with van der Waals surface area (Å²) in [6.45, 7) is 0.973. The van der Waals surface area contributed by atoms with Crippen LogP contribution in [-0.4, -0.2) is 21.3 Å². The Morgan fingerprint density at radius 1 is 1.35 bits per heavy atom. The number of aromatic nitrogens is 3. The van der Waals surface area contributed by atoms with Gasteiger partial charge in [-0.05, 0) is 5.56 Å². The molecule has 1 aliphatic rings. The van der Waals surface area contributed by atoms with Crippen molar-refractivity contribution in [3.63, 3.8) is 0 Å². The molecule has 0 amide bonds. The highest BCUT2D eigenvalue weighted by Gasteiger charge is 2.24. The molecule has 1 aliphatic heterocycles. The molecule has 1 aromatic carbocycles. The molecule has 0 N–H and O–H groups in total. The summed E-state index contributed by atoms with van der Waals surface area (Å²) >= 11 is 0. The Labute approximate surface area is 98.0 Å². The molecule has 5 nitrogen and oxygen atoms in total. The highest BCUT2D eigenvalue weighted by Crippen LogP contribution is 2.26. The molecule has 2 heterocycles. The van der Waals surface area contributed by atoms with Crippen LogP contribution in [-0.2, 0) is 17.9 Å². The number of nitrogens with zero attached hydrogens (tertiary/aromatic N) is 3. The van der Waals surface area contributed by atoms with E-state index in [0.29, 0.717) is 25.1 Å². The zero-order valence-electron chi connectivity index (χ0n) is 9.11. The van der Waals surface area contributed by atoms with E-state index in [1.807, 2.05) is 30.3 Å². The third kappa shape index (κ3) is 1.74. The molecule has 0 bridgehead atoms. The van der Waals surface area contributed by atoms with E-state index in [1.54, 1.807) is 4.68 Å². The Hall–Kier alpha value is -2.01. The number of carbonyl (C=O) groups excluding carboxylic acids is 1. The van der Waals surface area contributed by atoms with Crippen LogP contribution in [0.1, 0.15) is 27.8 Å². The molecule has 1 atom stereocenters. The van der Waals surface area contributed by atoms with Gasteiger partial charge in [-0.1, -0.05) is 35.5 Å². The molecule has 86 valence electrons. The molecule has 1 aromatic heterocycles. The van der Waals surface area contributed by atoms with E-state index in [1.165, 1.54) is 0 Å². The van der Waals surface area contributed by atoms with Crippen LogP contribution >= 0.6 is 0 Å². The zero-order valence-corrected chi connectivity index (χ0v) is 9.11. The summed E-state index contributed by atoms with van der Waals surface area (Å²) < 4.78 is 7.47. The second-order valence-corrected chi connectivity index (χ2v) is 3.93. The fourth-order valence-corrected chi connectivity index (χ4v) is 1.99. The minimum Gasteiger partial charge on any atom is -0.365 e. The van der Waals surface area contributed by atoms with Gasteiger partial charge < -0.3 is 4.74 Å². The van der Waals surface area contributed by atoms with Gasteiger partial charge in [-0.3, -0.25) is 4.79 Å². The minimum atomic E-state index is -0.0232. The summed E-state index contributed by atoms with van der Waals surface area (Å²) in [5, 5.41) is 7.77. The summed E-state index contributed by atoms with van der Waals surface area (Å²) in [6, 6.07) is 9.97. The molecule has 0 spiro atoms. The first-order valence-corrected chi connectivity index (χ1v) is 5.42. The Balaban J connectivity index is 1.89. The van der Waals surface area contributed by atoms with Gasteiger partial charge in [0.1, 0.15) is 6.10 Å². The number of carbonyl (C=O) groups is 1. The van der Waals surface area contributed by atoms with Crippen LogP contribution in [0.5, 0.6) is 0 Å². The smallest absolute Gasteiger partial charge is 0.172 e. The van der Waals surface area contributed by atoms with Crippen molar-refractivity contribution in [1.82, 2.24) is 15.0 Å². The summed E-state index contributed by atoms with van der Waals surface area (Å²) in [5.74, 6) is 0. The van der Waals surface area contributed by atoms with Crippen molar-refractivity contribution >= 4 is 6.29 Å². The first-order chi connectivity index (χ1) is 8.38. The lowest BCUT2D eigenvalue weighted by atomic mass is 10.1. The van der Waals surface area contributed by atoms with Gasteiger partial charge in [-0.2, -0.15) is 0 Å². The number of benzene rings is 1. The van der Waals surface area contributed by atoms with E-state index in [-0.39, 0.29) is 6.10 Å². The molecule has 0 saturated carbocycles. The molecule has 0 aliphatic carbocycles. The van der Waals surface area contributed by atoms with Crippen LogP contribution < -0.4 is 0 Å². The fraction of sp³-hybridized carbons (Fsp3) is 0.250. The molecule has 5 heteroatoms. The van der Waals surface area contributed by atoms with Crippen molar-refractivity contribution in [2.75, 3.05) is 0 Å². The van der Waals surface area contributed by atoms with Crippen molar-refractivity contribution in [3.8, 4) is 0 Å². The lowest BCUT2D eigenvalue weighted by molar-refractivity contribution is -0.00163. The highest BCUT2D eigenvalue weighted by molar-refractivity contribution is 5.73. The molecular weight excluding hydrogens is 218 g/mol. The summed E-state index contributed by atoms with van der Waals surface area (Å²) in [4.78, 5) is 10.7. The topological polar surface area (TPSA) is 57.0 Å². The first-order valence-electron chi connectivity index (χ1n) is 5.42. The zero-order chi connectivity index (χ0) is 11.7. The number of aldehydes is 1. The number of fused-ring (bicyclic) bond motifs is 1. The maximum absolute atomic E-state index is 10.7. The largest absolute Gasteiger partial charge is 0.365 e. The third-order valence-corrected chi connectivity index (χ3v) is 2.91. The maximum atomic E-state index is 10.7. The Morgan fingerprint density at radius 3 is 2.94 bits per heavy atom. The average molecular weight is 229 g/mol. The van der Waals surface area contributed by atoms with Gasteiger partial charge in [0.15, 0.2) is 12.0 Å². The molecule has 0 radical (unpaired) electrons. The number of hydrogen-bond acceptors (Lipinski definition) is 4. The van der Waals surface area contributed by atoms with E-state index in [9.17, 15) is 4.79 Å². The second kappa shape index (κ2) is 4.10. The van der Waals surface area contributed by atoms with E-state index >= 15 is 0 Å². The SMILES string of the molecule is O=Cc1nnn2c1COC(c1ccccc1)C2. The summed E-state index contributed by atoms with van der Waals surface area (Å²) in [6.07, 6.45) is 0.690. The summed E-state index contributed by atoms with van der Waals surface area (Å²) in [5.41, 5.74) is 2.24. The number of rotatable bonds is 2. The normalized spacial score (nSPS) is 18.7. The van der Waals surface area contributed by atoms with Crippen molar-refractivity contribution in [2.24, 2.45) is 0 Å². The van der Waals surface area contributed by atoms with E-state index in [4.69, 9.17) is 4.74 Å². The molecule has 3 rings (SSSR count). The monoisotopic (exact) mass is 229 g/mol. The van der Waals surface area contributed by atoms with Gasteiger partial charge in [-0.25, -0.2) is 4.68 Å². The second-order valence-electron chi connectivity index (χ2n) is 3.93. The highest BCUT2D eigenvalue weighted by atomic mass is 16.5. The van der Waals surface area contributed by atoms with Gasteiger partial charge in [0.2, 0.25) is 0 Å². The summed E-state index contributed by atoms with van der Waals surface area (Å²) in [7, 11) is 0. The Kier molecular flexibility index (Phi) is 2.45. The van der Waals surface area contributed by atoms with E-state index in [0.717, 1.165) is 11.3 Å². The maximum Gasteiger partial charge on any atom is 0.172 e. The van der Waals surface area contributed by atoms with Crippen molar-refractivity contribution in [2.45, 2.75) is 19.3 Å². The predicted octanol–water partition coefficient (Wildman–Crippen LogP) is 1.36. The van der Waals surface area contributed by atoms with Crippen LogP contribution in [0, 0.1) is 0 Å². The van der Waals surface area contributed by atoms with Gasteiger partial charge in [0.25, 0.3) is 0 Å². The average Bonchev–Trinajstić information content (AvgIpc) is 2.81. The molecule has 0 saturated heterocycles. The van der Waals surface area contributed by atoms with Gasteiger partial charge in [-0.15, -0.1) is 5.10 Å². The molecular formula is C12H11N3O2. The standard InChI is InChI=1S/C12H11N3O2/c16-7-10-11-8-17-12(6-15(11)14-13-10)9-4-2-1-3-5-9/h1-5,7,12H,6,8H2. The molecule has 0 fully saturated rings. The van der Waals surface area contributed by atoms with Crippen LogP contribution in [0.15, 0.2) is 30.3 Å². The number of ether oxygens (including phenoxy) is 1. The Morgan fingerprint density at radius 2 is 2.18 bits per heavy atom. The lowest BCUT2D eigenvalue weighted by Gasteiger charge is -2.23. The third-order valence-electron chi connectivity index (χ3n) is 2.91. The fourth-order valence-electron chi connectivity index (χ4n) is 1.99. The quantitative estimate of drug-likeness (QED) is 0.730. The number of hydrogen-bond donors (Lipinski definition) is 0. The van der Waals surface area contributed by atoms with Crippen LogP contribution in [0.4, 0.5) is 0 Å². The van der Waals surface area contributed by atoms with Crippen LogP contribution in [0.2, 0.25) is 0 Å². The van der Waals surface area contributed by atoms with E-state index in [2.05, 4.69) is 10.3 Å². The van der Waals surface area contributed by atoms with Crippen molar-refractivity contribution in [1.29, 1.82) is 0 Å².